The van der Waals surface area contributed by atoms with Crippen molar-refractivity contribution < 1.29 is 18.7 Å². The van der Waals surface area contributed by atoms with Gasteiger partial charge in [-0.1, -0.05) is 30.3 Å². The average molecular weight is 353 g/mol. The Morgan fingerprint density at radius 3 is 2.65 bits per heavy atom. The molecule has 3 aromatic rings. The van der Waals surface area contributed by atoms with Gasteiger partial charge in [0.2, 0.25) is 5.91 Å². The van der Waals surface area contributed by atoms with E-state index < -0.39 is 0 Å². The van der Waals surface area contributed by atoms with Crippen molar-refractivity contribution in [2.24, 2.45) is 0 Å². The van der Waals surface area contributed by atoms with Crippen LogP contribution in [-0.2, 0) is 22.5 Å². The van der Waals surface area contributed by atoms with E-state index in [0.717, 1.165) is 27.8 Å². The Morgan fingerprint density at radius 1 is 1.12 bits per heavy atom. The van der Waals surface area contributed by atoms with Crippen LogP contribution in [0.5, 0.6) is 5.75 Å². The summed E-state index contributed by atoms with van der Waals surface area (Å²) in [7, 11) is 3.26. The van der Waals surface area contributed by atoms with E-state index >= 15 is 0 Å². The molecular formula is C21H23NO4. The second-order valence-electron chi connectivity index (χ2n) is 6.09. The number of carbonyl (C=O) groups excluding carboxylic acids is 1. The van der Waals surface area contributed by atoms with Crippen LogP contribution in [0.2, 0.25) is 0 Å². The minimum Gasteiger partial charge on any atom is -0.497 e. The first-order valence-corrected chi connectivity index (χ1v) is 8.56. The Hall–Kier alpha value is -2.79. The first-order valence-electron chi connectivity index (χ1n) is 8.56. The average Bonchev–Trinajstić information content (AvgIpc) is 3.07. The third-order valence-corrected chi connectivity index (χ3v) is 4.34. The second kappa shape index (κ2) is 8.54. The van der Waals surface area contributed by atoms with E-state index in [1.54, 1.807) is 20.5 Å². The highest BCUT2D eigenvalue weighted by Crippen LogP contribution is 2.26. The zero-order valence-electron chi connectivity index (χ0n) is 15.1. The SMILES string of the molecule is COCCN(Cc1ccccc1)C(=O)Cc1coc2cc(OC)ccc12. The predicted octanol–water partition coefficient (Wildman–Crippen LogP) is 3.66. The Morgan fingerprint density at radius 2 is 1.92 bits per heavy atom. The van der Waals surface area contributed by atoms with Crippen LogP contribution in [0, 0.1) is 0 Å². The third kappa shape index (κ3) is 4.24. The fourth-order valence-electron chi connectivity index (χ4n) is 2.90. The van der Waals surface area contributed by atoms with Gasteiger partial charge in [-0.05, 0) is 17.7 Å². The highest BCUT2D eigenvalue weighted by Gasteiger charge is 2.17. The molecule has 1 amide bonds. The highest BCUT2D eigenvalue weighted by molar-refractivity contribution is 5.88. The second-order valence-corrected chi connectivity index (χ2v) is 6.09. The lowest BCUT2D eigenvalue weighted by Crippen LogP contribution is -2.34. The molecule has 0 unspecified atom stereocenters. The van der Waals surface area contributed by atoms with E-state index in [9.17, 15) is 4.79 Å². The first kappa shape index (κ1) is 18.0. The lowest BCUT2D eigenvalue weighted by molar-refractivity contribution is -0.131. The number of furan rings is 1. The standard InChI is InChI=1S/C21H23NO4/c1-24-11-10-22(14-16-6-4-3-5-7-16)21(23)12-17-15-26-20-13-18(25-2)8-9-19(17)20/h3-9,13,15H,10-12,14H2,1-2H3. The zero-order valence-corrected chi connectivity index (χ0v) is 15.1. The highest BCUT2D eigenvalue weighted by atomic mass is 16.5. The molecule has 2 aromatic carbocycles. The predicted molar refractivity (Wildman–Crippen MR) is 100 cm³/mol. The van der Waals surface area contributed by atoms with Gasteiger partial charge in [0, 0.05) is 37.2 Å². The van der Waals surface area contributed by atoms with Gasteiger partial charge < -0.3 is 18.8 Å². The molecule has 0 radical (unpaired) electrons. The van der Waals surface area contributed by atoms with E-state index in [0.29, 0.717) is 19.7 Å². The number of ether oxygens (including phenoxy) is 2. The summed E-state index contributed by atoms with van der Waals surface area (Å²) in [6, 6.07) is 15.6. The molecule has 5 nitrogen and oxygen atoms in total. The summed E-state index contributed by atoms with van der Waals surface area (Å²) in [4.78, 5) is 14.7. The van der Waals surface area contributed by atoms with Crippen molar-refractivity contribution in [1.29, 1.82) is 0 Å². The van der Waals surface area contributed by atoms with E-state index in [1.807, 2.05) is 53.4 Å². The molecule has 1 heterocycles. The summed E-state index contributed by atoms with van der Waals surface area (Å²) in [5.74, 6) is 0.778. The van der Waals surface area contributed by atoms with E-state index in [4.69, 9.17) is 13.9 Å². The summed E-state index contributed by atoms with van der Waals surface area (Å²) in [5, 5.41) is 0.936. The van der Waals surface area contributed by atoms with Gasteiger partial charge in [-0.15, -0.1) is 0 Å². The van der Waals surface area contributed by atoms with Gasteiger partial charge in [0.15, 0.2) is 0 Å². The van der Waals surface area contributed by atoms with Crippen LogP contribution in [-0.4, -0.2) is 38.2 Å². The topological polar surface area (TPSA) is 51.9 Å². The summed E-state index contributed by atoms with van der Waals surface area (Å²) in [6.07, 6.45) is 1.94. The summed E-state index contributed by atoms with van der Waals surface area (Å²) in [5.41, 5.74) is 2.69. The van der Waals surface area contributed by atoms with Gasteiger partial charge in [-0.2, -0.15) is 0 Å². The Balaban J connectivity index is 1.76. The molecule has 0 aliphatic heterocycles. The zero-order chi connectivity index (χ0) is 18.4. The quantitative estimate of drug-likeness (QED) is 0.620. The third-order valence-electron chi connectivity index (χ3n) is 4.34. The number of methoxy groups -OCH3 is 2. The molecule has 0 spiro atoms. The molecule has 0 saturated heterocycles. The van der Waals surface area contributed by atoms with Crippen LogP contribution in [0.15, 0.2) is 59.2 Å². The van der Waals surface area contributed by atoms with Crippen LogP contribution in [0.1, 0.15) is 11.1 Å². The number of hydrogen-bond donors (Lipinski definition) is 0. The molecular weight excluding hydrogens is 330 g/mol. The van der Waals surface area contributed by atoms with Gasteiger partial charge in [0.25, 0.3) is 0 Å². The largest absolute Gasteiger partial charge is 0.497 e. The molecule has 0 N–H and O–H groups in total. The first-order chi connectivity index (χ1) is 12.7. The fourth-order valence-corrected chi connectivity index (χ4v) is 2.90. The lowest BCUT2D eigenvalue weighted by Gasteiger charge is -2.22. The Labute approximate surface area is 153 Å². The minimum atomic E-state index is 0.0458. The lowest BCUT2D eigenvalue weighted by atomic mass is 10.1. The maximum absolute atomic E-state index is 12.9. The van der Waals surface area contributed by atoms with E-state index in [2.05, 4.69) is 0 Å². The number of fused-ring (bicyclic) bond motifs is 1. The molecule has 0 bridgehead atoms. The molecule has 26 heavy (non-hydrogen) atoms. The maximum Gasteiger partial charge on any atom is 0.227 e. The number of rotatable bonds is 8. The molecule has 0 fully saturated rings. The molecule has 0 aliphatic rings. The van der Waals surface area contributed by atoms with Crippen LogP contribution < -0.4 is 4.74 Å². The molecule has 1 aromatic heterocycles. The molecule has 0 atom stereocenters. The summed E-state index contributed by atoms with van der Waals surface area (Å²) < 4.78 is 16.0. The van der Waals surface area contributed by atoms with Crippen LogP contribution in [0.3, 0.4) is 0 Å². The number of amides is 1. The summed E-state index contributed by atoms with van der Waals surface area (Å²) in [6.45, 7) is 1.61. The molecule has 0 saturated carbocycles. The number of nitrogens with zero attached hydrogens (tertiary/aromatic N) is 1. The fraction of sp³-hybridized carbons (Fsp3) is 0.286. The van der Waals surface area contributed by atoms with Gasteiger partial charge in [0.1, 0.15) is 11.3 Å². The van der Waals surface area contributed by atoms with Crippen LogP contribution in [0.4, 0.5) is 0 Å². The van der Waals surface area contributed by atoms with Crippen molar-refractivity contribution in [3.63, 3.8) is 0 Å². The molecule has 136 valence electrons. The van der Waals surface area contributed by atoms with Gasteiger partial charge in [-0.3, -0.25) is 4.79 Å². The summed E-state index contributed by atoms with van der Waals surface area (Å²) >= 11 is 0. The van der Waals surface area contributed by atoms with Crippen molar-refractivity contribution in [3.05, 3.63) is 65.9 Å². The monoisotopic (exact) mass is 353 g/mol. The number of hydrogen-bond acceptors (Lipinski definition) is 4. The Kier molecular flexibility index (Phi) is 5.92. The molecule has 0 aliphatic carbocycles. The van der Waals surface area contributed by atoms with Crippen LogP contribution >= 0.6 is 0 Å². The molecule has 3 rings (SSSR count). The van der Waals surface area contributed by atoms with Crippen molar-refractivity contribution in [2.45, 2.75) is 13.0 Å². The smallest absolute Gasteiger partial charge is 0.227 e. The minimum absolute atomic E-state index is 0.0458. The van der Waals surface area contributed by atoms with Crippen molar-refractivity contribution >= 4 is 16.9 Å². The Bertz CT molecular complexity index is 857. The normalized spacial score (nSPS) is 10.8. The van der Waals surface area contributed by atoms with E-state index in [1.165, 1.54) is 0 Å². The van der Waals surface area contributed by atoms with Crippen LogP contribution in [0.25, 0.3) is 11.0 Å². The number of carbonyl (C=O) groups is 1. The van der Waals surface area contributed by atoms with Crippen molar-refractivity contribution in [1.82, 2.24) is 4.90 Å². The van der Waals surface area contributed by atoms with Gasteiger partial charge >= 0.3 is 0 Å². The van der Waals surface area contributed by atoms with Crippen molar-refractivity contribution in [3.8, 4) is 5.75 Å². The van der Waals surface area contributed by atoms with Gasteiger partial charge in [0.05, 0.1) is 26.4 Å². The number of benzene rings is 2. The van der Waals surface area contributed by atoms with Crippen molar-refractivity contribution in [2.75, 3.05) is 27.4 Å². The van der Waals surface area contributed by atoms with Gasteiger partial charge in [-0.25, -0.2) is 0 Å². The maximum atomic E-state index is 12.9. The molecule has 5 heteroatoms. The van der Waals surface area contributed by atoms with E-state index in [-0.39, 0.29) is 12.3 Å².